The molecule has 0 radical (unpaired) electrons. The second-order valence-corrected chi connectivity index (χ2v) is 7.00. The summed E-state index contributed by atoms with van der Waals surface area (Å²) >= 11 is 12.2. The molecular weight excluding hydrogens is 361 g/mol. The number of aldehydes is 1. The standard InChI is InChI=1S/C19H17Cl2NO3/c1-22(19(24)25)17-8-6-13(11-5-7-15(20)16(21)9-11)14-4-2-3-12(10-23)18(14)17/h2-5,7,9-10,13,17H,6,8H2,1H3,(H,24,25)/t13-,17-/m0/s1. The van der Waals surface area contributed by atoms with Crippen molar-refractivity contribution < 1.29 is 14.7 Å². The van der Waals surface area contributed by atoms with Crippen LogP contribution in [0.4, 0.5) is 4.79 Å². The summed E-state index contributed by atoms with van der Waals surface area (Å²) in [5.74, 6) is 0.0445. The molecule has 0 heterocycles. The van der Waals surface area contributed by atoms with Crippen LogP contribution in [0.5, 0.6) is 0 Å². The second-order valence-electron chi connectivity index (χ2n) is 6.18. The van der Waals surface area contributed by atoms with Gasteiger partial charge in [0.2, 0.25) is 0 Å². The van der Waals surface area contributed by atoms with Crippen LogP contribution in [0.2, 0.25) is 10.0 Å². The lowest BCUT2D eigenvalue weighted by Gasteiger charge is -2.36. The lowest BCUT2D eigenvalue weighted by molar-refractivity contribution is 0.111. The van der Waals surface area contributed by atoms with Gasteiger partial charge in [0, 0.05) is 18.5 Å². The molecule has 130 valence electrons. The van der Waals surface area contributed by atoms with E-state index >= 15 is 0 Å². The minimum absolute atomic E-state index is 0.0445. The van der Waals surface area contributed by atoms with Gasteiger partial charge < -0.3 is 10.0 Å². The normalized spacial score (nSPS) is 19.2. The lowest BCUT2D eigenvalue weighted by Crippen LogP contribution is -2.33. The van der Waals surface area contributed by atoms with Crippen molar-refractivity contribution in [1.82, 2.24) is 4.90 Å². The van der Waals surface area contributed by atoms with E-state index in [1.165, 1.54) is 11.9 Å². The molecule has 1 aliphatic rings. The molecule has 1 amide bonds. The van der Waals surface area contributed by atoms with Gasteiger partial charge in [-0.05, 0) is 41.7 Å². The summed E-state index contributed by atoms with van der Waals surface area (Å²) in [7, 11) is 1.54. The van der Waals surface area contributed by atoms with E-state index in [1.807, 2.05) is 24.3 Å². The summed E-state index contributed by atoms with van der Waals surface area (Å²) < 4.78 is 0. The monoisotopic (exact) mass is 377 g/mol. The minimum atomic E-state index is -1.01. The van der Waals surface area contributed by atoms with E-state index in [-0.39, 0.29) is 12.0 Å². The van der Waals surface area contributed by atoms with E-state index in [0.29, 0.717) is 22.0 Å². The van der Waals surface area contributed by atoms with Crippen LogP contribution in [0.15, 0.2) is 36.4 Å². The molecule has 2 atom stereocenters. The van der Waals surface area contributed by atoms with Crippen LogP contribution in [0.25, 0.3) is 0 Å². The zero-order valence-corrected chi connectivity index (χ0v) is 15.1. The zero-order chi connectivity index (χ0) is 18.1. The third-order valence-electron chi connectivity index (χ3n) is 4.85. The first-order valence-electron chi connectivity index (χ1n) is 7.92. The van der Waals surface area contributed by atoms with Gasteiger partial charge in [-0.2, -0.15) is 0 Å². The van der Waals surface area contributed by atoms with E-state index < -0.39 is 6.09 Å². The number of carboxylic acid groups (broad SMARTS) is 1. The van der Waals surface area contributed by atoms with Crippen molar-refractivity contribution in [2.75, 3.05) is 7.05 Å². The molecule has 3 rings (SSSR count). The Bertz CT molecular complexity index is 837. The third kappa shape index (κ3) is 3.24. The van der Waals surface area contributed by atoms with Gasteiger partial charge in [0.15, 0.2) is 0 Å². The number of carbonyl (C=O) groups is 2. The topological polar surface area (TPSA) is 57.6 Å². The maximum atomic E-state index is 11.6. The summed E-state index contributed by atoms with van der Waals surface area (Å²) in [6, 6.07) is 10.7. The average molecular weight is 378 g/mol. The number of halogens is 2. The number of benzene rings is 2. The van der Waals surface area contributed by atoms with Crippen LogP contribution in [0.3, 0.4) is 0 Å². The number of rotatable bonds is 3. The molecule has 0 bridgehead atoms. The molecule has 0 aromatic heterocycles. The molecule has 4 nitrogen and oxygen atoms in total. The van der Waals surface area contributed by atoms with Crippen LogP contribution >= 0.6 is 23.2 Å². The van der Waals surface area contributed by atoms with Crippen molar-refractivity contribution in [2.24, 2.45) is 0 Å². The quantitative estimate of drug-likeness (QED) is 0.730. The Morgan fingerprint density at radius 3 is 2.60 bits per heavy atom. The van der Waals surface area contributed by atoms with E-state index in [0.717, 1.165) is 29.4 Å². The summed E-state index contributed by atoms with van der Waals surface area (Å²) in [4.78, 5) is 24.3. The minimum Gasteiger partial charge on any atom is -0.465 e. The zero-order valence-electron chi connectivity index (χ0n) is 13.6. The predicted octanol–water partition coefficient (Wildman–Crippen LogP) is 5.38. The largest absolute Gasteiger partial charge is 0.465 e. The molecule has 0 fully saturated rings. The maximum Gasteiger partial charge on any atom is 0.407 e. The molecule has 2 aromatic rings. The lowest BCUT2D eigenvalue weighted by atomic mass is 9.75. The highest BCUT2D eigenvalue weighted by Crippen LogP contribution is 2.45. The number of fused-ring (bicyclic) bond motifs is 1. The Hall–Kier alpha value is -2.04. The summed E-state index contributed by atoms with van der Waals surface area (Å²) in [6.07, 6.45) is 1.17. The fraction of sp³-hybridized carbons (Fsp3) is 0.263. The molecule has 0 unspecified atom stereocenters. The number of carbonyl (C=O) groups excluding carboxylic acids is 1. The first-order valence-corrected chi connectivity index (χ1v) is 8.68. The molecule has 25 heavy (non-hydrogen) atoms. The smallest absolute Gasteiger partial charge is 0.407 e. The van der Waals surface area contributed by atoms with E-state index in [4.69, 9.17) is 23.2 Å². The molecule has 0 spiro atoms. The molecule has 0 aliphatic heterocycles. The number of amides is 1. The highest BCUT2D eigenvalue weighted by molar-refractivity contribution is 6.42. The number of nitrogens with zero attached hydrogens (tertiary/aromatic N) is 1. The van der Waals surface area contributed by atoms with Crippen LogP contribution in [0.1, 0.15) is 51.8 Å². The van der Waals surface area contributed by atoms with Crippen LogP contribution in [-0.4, -0.2) is 29.4 Å². The SMILES string of the molecule is CN(C(=O)O)[C@H]1CC[C@@H](c2ccc(Cl)c(Cl)c2)c2cccc(C=O)c21. The summed E-state index contributed by atoms with van der Waals surface area (Å²) in [5.41, 5.74) is 3.28. The van der Waals surface area contributed by atoms with Gasteiger partial charge in [-0.3, -0.25) is 4.79 Å². The first-order chi connectivity index (χ1) is 11.9. The highest BCUT2D eigenvalue weighted by atomic mass is 35.5. The number of hydrogen-bond donors (Lipinski definition) is 1. The first kappa shape index (κ1) is 17.8. The fourth-order valence-electron chi connectivity index (χ4n) is 3.61. The van der Waals surface area contributed by atoms with Crippen molar-refractivity contribution in [2.45, 2.75) is 24.8 Å². The van der Waals surface area contributed by atoms with Gasteiger partial charge >= 0.3 is 6.09 Å². The molecule has 0 saturated heterocycles. The second kappa shape index (κ2) is 7.06. The Morgan fingerprint density at radius 1 is 1.20 bits per heavy atom. The summed E-state index contributed by atoms with van der Waals surface area (Å²) in [6.45, 7) is 0. The Morgan fingerprint density at radius 2 is 1.96 bits per heavy atom. The van der Waals surface area contributed by atoms with Crippen molar-refractivity contribution >= 4 is 35.6 Å². The van der Waals surface area contributed by atoms with Crippen LogP contribution in [-0.2, 0) is 0 Å². The van der Waals surface area contributed by atoms with Crippen molar-refractivity contribution in [3.63, 3.8) is 0 Å². The maximum absolute atomic E-state index is 11.6. The highest BCUT2D eigenvalue weighted by Gasteiger charge is 2.34. The Kier molecular flexibility index (Phi) is 5.02. The van der Waals surface area contributed by atoms with Gasteiger partial charge in [-0.15, -0.1) is 0 Å². The van der Waals surface area contributed by atoms with Crippen LogP contribution < -0.4 is 0 Å². The Labute approximate surface area is 156 Å². The summed E-state index contributed by atoms with van der Waals surface area (Å²) in [5, 5.41) is 10.4. The van der Waals surface area contributed by atoms with Crippen molar-refractivity contribution in [1.29, 1.82) is 0 Å². The Balaban J connectivity index is 2.13. The van der Waals surface area contributed by atoms with E-state index in [1.54, 1.807) is 12.1 Å². The molecule has 1 N–H and O–H groups in total. The average Bonchev–Trinajstić information content (AvgIpc) is 2.62. The molecule has 1 aliphatic carbocycles. The predicted molar refractivity (Wildman–Crippen MR) is 97.9 cm³/mol. The molecule has 0 saturated carbocycles. The fourth-order valence-corrected chi connectivity index (χ4v) is 3.92. The van der Waals surface area contributed by atoms with Gasteiger partial charge in [0.05, 0.1) is 16.1 Å². The molecule has 6 heteroatoms. The van der Waals surface area contributed by atoms with Crippen LogP contribution in [0, 0.1) is 0 Å². The van der Waals surface area contributed by atoms with E-state index in [9.17, 15) is 14.7 Å². The van der Waals surface area contributed by atoms with E-state index in [2.05, 4.69) is 0 Å². The van der Waals surface area contributed by atoms with Crippen molar-refractivity contribution in [3.8, 4) is 0 Å². The van der Waals surface area contributed by atoms with Gasteiger partial charge in [-0.1, -0.05) is 47.5 Å². The molecule has 2 aromatic carbocycles. The van der Waals surface area contributed by atoms with Gasteiger partial charge in [0.1, 0.15) is 6.29 Å². The third-order valence-corrected chi connectivity index (χ3v) is 5.59. The number of hydrogen-bond acceptors (Lipinski definition) is 2. The molecular formula is C19H17Cl2NO3. The van der Waals surface area contributed by atoms with Gasteiger partial charge in [0.25, 0.3) is 0 Å². The van der Waals surface area contributed by atoms with Crippen molar-refractivity contribution in [3.05, 3.63) is 68.7 Å². The van der Waals surface area contributed by atoms with Gasteiger partial charge in [-0.25, -0.2) is 4.79 Å².